The molecule has 0 saturated carbocycles. The maximum atomic E-state index is 14.5. The van der Waals surface area contributed by atoms with E-state index in [4.69, 9.17) is 4.74 Å². The summed E-state index contributed by atoms with van der Waals surface area (Å²) in [5.41, 5.74) is 0.870. The highest BCUT2D eigenvalue weighted by atomic mass is 19.1. The number of rotatable bonds is 4. The van der Waals surface area contributed by atoms with Gasteiger partial charge in [0, 0.05) is 30.0 Å². The minimum absolute atomic E-state index is 0.0833. The van der Waals surface area contributed by atoms with Crippen LogP contribution in [0.3, 0.4) is 0 Å². The molecule has 0 fully saturated rings. The number of carbonyl (C=O) groups excluding carboxylic acids is 2. The summed E-state index contributed by atoms with van der Waals surface area (Å²) in [7, 11) is 1.39. The number of ether oxygens (including phenoxy) is 1. The second-order valence-electron chi connectivity index (χ2n) is 7.26. The Morgan fingerprint density at radius 3 is 2.63 bits per heavy atom. The maximum absolute atomic E-state index is 14.5. The lowest BCUT2D eigenvalue weighted by Crippen LogP contribution is -2.41. The Morgan fingerprint density at radius 1 is 1.17 bits per heavy atom. The summed E-state index contributed by atoms with van der Waals surface area (Å²) in [5.74, 6) is -1.46. The van der Waals surface area contributed by atoms with Crippen LogP contribution in [0, 0.1) is 15.9 Å². The third-order valence-electron chi connectivity index (χ3n) is 5.58. The van der Waals surface area contributed by atoms with Gasteiger partial charge in [-0.3, -0.25) is 24.6 Å². The van der Waals surface area contributed by atoms with Gasteiger partial charge in [-0.15, -0.1) is 0 Å². The van der Waals surface area contributed by atoms with Gasteiger partial charge in [0.15, 0.2) is 5.78 Å². The molecule has 1 atom stereocenters. The Hall–Kier alpha value is -3.55. The van der Waals surface area contributed by atoms with Gasteiger partial charge < -0.3 is 4.74 Å². The van der Waals surface area contributed by atoms with E-state index in [0.29, 0.717) is 30.5 Å². The molecule has 2 aromatic rings. The van der Waals surface area contributed by atoms with Crippen LogP contribution in [0.25, 0.3) is 0 Å². The summed E-state index contributed by atoms with van der Waals surface area (Å²) in [5, 5.41) is 11.7. The van der Waals surface area contributed by atoms with Crippen LogP contribution >= 0.6 is 0 Å². The van der Waals surface area contributed by atoms with Gasteiger partial charge in [-0.05, 0) is 36.6 Å². The van der Waals surface area contributed by atoms with Crippen molar-refractivity contribution in [2.45, 2.75) is 31.6 Å². The molecule has 1 heterocycles. The minimum atomic E-state index is -0.699. The number of benzene rings is 2. The van der Waals surface area contributed by atoms with E-state index in [-0.39, 0.29) is 34.9 Å². The second kappa shape index (κ2) is 7.70. The molecule has 0 aromatic heterocycles. The summed E-state index contributed by atoms with van der Waals surface area (Å²) < 4.78 is 19.6. The fourth-order valence-electron chi connectivity index (χ4n) is 4.26. The molecule has 0 bridgehead atoms. The Kier molecular flexibility index (Phi) is 5.07. The largest absolute Gasteiger partial charge is 0.496 e. The number of methoxy groups -OCH3 is 1. The number of allylic oxidation sites excluding steroid dienone is 2. The highest BCUT2D eigenvalue weighted by Crippen LogP contribution is 2.46. The highest BCUT2D eigenvalue weighted by molar-refractivity contribution is 6.08. The molecule has 0 saturated heterocycles. The van der Waals surface area contributed by atoms with E-state index in [1.165, 1.54) is 36.3 Å². The number of hydrogen-bond donors (Lipinski definition) is 0. The van der Waals surface area contributed by atoms with Crippen molar-refractivity contribution >= 4 is 23.1 Å². The van der Waals surface area contributed by atoms with Crippen LogP contribution in [-0.2, 0) is 9.59 Å². The number of hydrogen-bond acceptors (Lipinski definition) is 5. The van der Waals surface area contributed by atoms with E-state index < -0.39 is 22.6 Å². The van der Waals surface area contributed by atoms with Gasteiger partial charge in [0.25, 0.3) is 5.69 Å². The molecule has 7 nitrogen and oxygen atoms in total. The standard InChI is InChI=1S/C22H19FN2O5/c1-30-13-9-10-17(19(11-13)25(28)29)24-18-7-4-8-20(26)22(18)15(12-21(24)27)14-5-2-3-6-16(14)23/h2-3,5-6,9-11,15H,4,7-8,12H2,1H3. The van der Waals surface area contributed by atoms with Crippen LogP contribution in [0.15, 0.2) is 53.7 Å². The SMILES string of the molecule is COc1ccc(N2C(=O)CC(c3ccccc3F)C3=C2CCCC3=O)c([N+](=O)[O-])c1. The number of nitro groups is 1. The highest BCUT2D eigenvalue weighted by Gasteiger charge is 2.42. The number of Topliss-reactive ketones (excluding diaryl/α,β-unsaturated/α-hetero) is 1. The Labute approximate surface area is 171 Å². The predicted molar refractivity (Wildman–Crippen MR) is 107 cm³/mol. The molecular weight excluding hydrogens is 391 g/mol. The zero-order chi connectivity index (χ0) is 21.4. The number of halogens is 1. The van der Waals surface area contributed by atoms with Gasteiger partial charge in [0.05, 0.1) is 18.1 Å². The quantitative estimate of drug-likeness (QED) is 0.555. The third kappa shape index (κ3) is 3.24. The minimum Gasteiger partial charge on any atom is -0.496 e. The predicted octanol–water partition coefficient (Wildman–Crippen LogP) is 4.27. The Morgan fingerprint density at radius 2 is 1.93 bits per heavy atom. The van der Waals surface area contributed by atoms with E-state index in [9.17, 15) is 24.1 Å². The molecule has 1 unspecified atom stereocenters. The zero-order valence-corrected chi connectivity index (χ0v) is 16.3. The summed E-state index contributed by atoms with van der Waals surface area (Å²) in [6, 6.07) is 10.3. The molecule has 2 aliphatic rings. The van der Waals surface area contributed by atoms with Crippen LogP contribution in [0.2, 0.25) is 0 Å². The van der Waals surface area contributed by atoms with Gasteiger partial charge in [-0.1, -0.05) is 18.2 Å². The van der Waals surface area contributed by atoms with Crippen molar-refractivity contribution in [2.24, 2.45) is 0 Å². The average molecular weight is 410 g/mol. The summed E-state index contributed by atoms with van der Waals surface area (Å²) >= 11 is 0. The molecule has 0 N–H and O–H groups in total. The second-order valence-corrected chi connectivity index (χ2v) is 7.26. The van der Waals surface area contributed by atoms with Gasteiger partial charge in [0.2, 0.25) is 5.91 Å². The fraction of sp³-hybridized carbons (Fsp3) is 0.273. The number of nitro benzene ring substituents is 1. The molecule has 0 radical (unpaired) electrons. The van der Waals surface area contributed by atoms with Crippen molar-refractivity contribution in [2.75, 3.05) is 12.0 Å². The maximum Gasteiger partial charge on any atom is 0.297 e. The summed E-state index contributed by atoms with van der Waals surface area (Å²) in [6.45, 7) is 0. The van der Waals surface area contributed by atoms with Crippen LogP contribution in [0.4, 0.5) is 15.8 Å². The summed E-state index contributed by atoms with van der Waals surface area (Å²) in [6.07, 6.45) is 1.08. The van der Waals surface area contributed by atoms with Crippen molar-refractivity contribution in [3.8, 4) is 5.75 Å². The molecule has 1 aliphatic heterocycles. The van der Waals surface area contributed by atoms with Crippen LogP contribution < -0.4 is 9.64 Å². The lowest BCUT2D eigenvalue weighted by atomic mass is 9.77. The van der Waals surface area contributed by atoms with E-state index in [2.05, 4.69) is 0 Å². The molecule has 0 spiro atoms. The van der Waals surface area contributed by atoms with Gasteiger partial charge in [0.1, 0.15) is 17.3 Å². The molecule has 154 valence electrons. The first-order valence-corrected chi connectivity index (χ1v) is 9.58. The van der Waals surface area contributed by atoms with Gasteiger partial charge >= 0.3 is 0 Å². The monoisotopic (exact) mass is 410 g/mol. The number of amides is 1. The van der Waals surface area contributed by atoms with Crippen LogP contribution in [-0.4, -0.2) is 23.7 Å². The lowest BCUT2D eigenvalue weighted by molar-refractivity contribution is -0.384. The zero-order valence-electron chi connectivity index (χ0n) is 16.3. The van der Waals surface area contributed by atoms with Crippen molar-refractivity contribution < 1.29 is 23.6 Å². The topological polar surface area (TPSA) is 89.8 Å². The van der Waals surface area contributed by atoms with Crippen LogP contribution in [0.5, 0.6) is 5.75 Å². The first-order chi connectivity index (χ1) is 14.4. The number of anilines is 1. The van der Waals surface area contributed by atoms with Gasteiger partial charge in [-0.2, -0.15) is 0 Å². The number of carbonyl (C=O) groups is 2. The molecule has 30 heavy (non-hydrogen) atoms. The van der Waals surface area contributed by atoms with Crippen LogP contribution in [0.1, 0.15) is 37.2 Å². The molecule has 8 heteroatoms. The fourth-order valence-corrected chi connectivity index (χ4v) is 4.26. The van der Waals surface area contributed by atoms with E-state index >= 15 is 0 Å². The first kappa shape index (κ1) is 19.8. The normalized spacial score (nSPS) is 19.0. The van der Waals surface area contributed by atoms with Crippen molar-refractivity contribution in [1.29, 1.82) is 0 Å². The third-order valence-corrected chi connectivity index (χ3v) is 5.58. The lowest BCUT2D eigenvalue weighted by Gasteiger charge is -2.38. The molecule has 1 aliphatic carbocycles. The van der Waals surface area contributed by atoms with Crippen molar-refractivity contribution in [3.05, 3.63) is 75.2 Å². The Balaban J connectivity index is 1.91. The Bertz CT molecular complexity index is 1090. The number of nitrogens with zero attached hydrogens (tertiary/aromatic N) is 2. The molecule has 4 rings (SSSR count). The smallest absolute Gasteiger partial charge is 0.297 e. The van der Waals surface area contributed by atoms with E-state index in [1.54, 1.807) is 18.2 Å². The van der Waals surface area contributed by atoms with Crippen molar-refractivity contribution in [1.82, 2.24) is 0 Å². The van der Waals surface area contributed by atoms with E-state index in [0.717, 1.165) is 0 Å². The number of ketones is 1. The molecule has 2 aromatic carbocycles. The first-order valence-electron chi connectivity index (χ1n) is 9.58. The van der Waals surface area contributed by atoms with E-state index in [1.807, 2.05) is 0 Å². The van der Waals surface area contributed by atoms with Gasteiger partial charge in [-0.25, -0.2) is 4.39 Å². The molecular formula is C22H19FN2O5. The molecule has 1 amide bonds. The van der Waals surface area contributed by atoms with Crippen molar-refractivity contribution in [3.63, 3.8) is 0 Å². The average Bonchev–Trinajstić information content (AvgIpc) is 2.73. The summed E-state index contributed by atoms with van der Waals surface area (Å²) in [4.78, 5) is 38.4.